The maximum atomic E-state index is 4.79. The summed E-state index contributed by atoms with van der Waals surface area (Å²) in [5, 5.41) is 15.1. The van der Waals surface area contributed by atoms with Gasteiger partial charge < -0.3 is 10.6 Å². The smallest absolute Gasteiger partial charge is 0.180 e. The van der Waals surface area contributed by atoms with E-state index in [1.54, 1.807) is 6.20 Å². The fourth-order valence-corrected chi connectivity index (χ4v) is 5.27. The third kappa shape index (κ3) is 4.06. The quantitative estimate of drug-likeness (QED) is 0.317. The normalized spacial score (nSPS) is 15.2. The summed E-state index contributed by atoms with van der Waals surface area (Å²) in [5.41, 5.74) is 5.52. The summed E-state index contributed by atoms with van der Waals surface area (Å²) >= 11 is 1.42. The van der Waals surface area contributed by atoms with Gasteiger partial charge in [0.15, 0.2) is 11.5 Å². The second kappa shape index (κ2) is 8.96. The van der Waals surface area contributed by atoms with Crippen molar-refractivity contribution in [2.24, 2.45) is 0 Å². The van der Waals surface area contributed by atoms with Gasteiger partial charge in [-0.2, -0.15) is 9.47 Å². The fourth-order valence-electron chi connectivity index (χ4n) is 4.59. The minimum Gasteiger partial charge on any atom is -0.328 e. The Kier molecular flexibility index (Phi) is 5.52. The van der Waals surface area contributed by atoms with Gasteiger partial charge >= 0.3 is 0 Å². The number of nitrogens with zero attached hydrogens (tertiary/aromatic N) is 6. The summed E-state index contributed by atoms with van der Waals surface area (Å²) in [6.45, 7) is 1.98. The van der Waals surface area contributed by atoms with Crippen molar-refractivity contribution in [3.8, 4) is 11.3 Å². The molecule has 34 heavy (non-hydrogen) atoms. The number of hydrogen-bond donors (Lipinski definition) is 3. The summed E-state index contributed by atoms with van der Waals surface area (Å²) in [4.78, 5) is 14.0. The molecule has 10 heteroatoms. The number of fused-ring (bicyclic) bond motifs is 1. The first-order chi connectivity index (χ1) is 16.7. The van der Waals surface area contributed by atoms with Gasteiger partial charge in [-0.3, -0.25) is 14.5 Å². The third-order valence-electron chi connectivity index (χ3n) is 6.21. The average Bonchev–Trinajstić information content (AvgIpc) is 3.65. The highest BCUT2D eigenvalue weighted by Gasteiger charge is 2.25. The number of pyridine rings is 1. The number of hydrogen-bond acceptors (Lipinski definition) is 8. The van der Waals surface area contributed by atoms with Crippen molar-refractivity contribution in [2.45, 2.75) is 44.7 Å². The first kappa shape index (κ1) is 20.9. The van der Waals surface area contributed by atoms with Gasteiger partial charge in [-0.05, 0) is 49.5 Å². The molecule has 3 N–H and O–H groups in total. The second-order valence-electron chi connectivity index (χ2n) is 8.63. The zero-order chi connectivity index (χ0) is 22.9. The summed E-state index contributed by atoms with van der Waals surface area (Å²) in [6.07, 6.45) is 14.3. The molecule has 1 unspecified atom stereocenters. The number of anilines is 2. The molecule has 1 atom stereocenters. The van der Waals surface area contributed by atoms with E-state index < -0.39 is 0 Å². The van der Waals surface area contributed by atoms with Gasteiger partial charge in [0.2, 0.25) is 0 Å². The van der Waals surface area contributed by atoms with E-state index in [0.29, 0.717) is 11.9 Å². The highest BCUT2D eigenvalue weighted by Crippen LogP contribution is 2.31. The molecule has 172 valence electrons. The Bertz CT molecular complexity index is 1380. The monoisotopic (exact) mass is 471 g/mol. The minimum atomic E-state index is -0.0410. The van der Waals surface area contributed by atoms with Crippen LogP contribution in [0.15, 0.2) is 55.2 Å². The zero-order valence-electron chi connectivity index (χ0n) is 18.8. The van der Waals surface area contributed by atoms with Gasteiger partial charge in [0.1, 0.15) is 5.00 Å². The summed E-state index contributed by atoms with van der Waals surface area (Å²) in [7, 11) is 0. The standard InChI is InChI=1S/C24H25N9S/c1-15-14-33-20(16-11-27-28-12-16)13-26-24(33)23(29-15)31-21-10-19(32-34-21)22(18-8-4-5-9-25-18)30-17-6-2-3-7-17/h4-5,8-14,17,22,30H,2-3,6-7H2,1H3,(H,27,28)(H,29,31). The van der Waals surface area contributed by atoms with Crippen LogP contribution in [0.4, 0.5) is 10.8 Å². The van der Waals surface area contributed by atoms with Crippen molar-refractivity contribution in [1.82, 2.24) is 39.2 Å². The molecular formula is C24H25N9S. The molecule has 1 fully saturated rings. The topological polar surface area (TPSA) is 109 Å². The van der Waals surface area contributed by atoms with E-state index >= 15 is 0 Å². The molecule has 0 bridgehead atoms. The largest absolute Gasteiger partial charge is 0.328 e. The number of nitrogens with one attached hydrogen (secondary N) is 3. The van der Waals surface area contributed by atoms with Gasteiger partial charge in [0.25, 0.3) is 0 Å². The van der Waals surface area contributed by atoms with Crippen LogP contribution < -0.4 is 10.6 Å². The first-order valence-corrected chi connectivity index (χ1v) is 12.3. The van der Waals surface area contributed by atoms with Gasteiger partial charge in [-0.15, -0.1) is 0 Å². The molecule has 6 rings (SSSR count). The lowest BCUT2D eigenvalue weighted by Gasteiger charge is -2.21. The van der Waals surface area contributed by atoms with E-state index in [2.05, 4.69) is 42.9 Å². The molecule has 5 aromatic rings. The van der Waals surface area contributed by atoms with E-state index in [1.807, 2.05) is 48.2 Å². The Balaban J connectivity index is 1.31. The molecule has 0 amide bonds. The van der Waals surface area contributed by atoms with Crippen molar-refractivity contribution in [1.29, 1.82) is 0 Å². The van der Waals surface area contributed by atoms with E-state index in [4.69, 9.17) is 9.36 Å². The van der Waals surface area contributed by atoms with Gasteiger partial charge in [0.05, 0.1) is 41.2 Å². The molecule has 0 aliphatic heterocycles. The van der Waals surface area contributed by atoms with Crippen LogP contribution in [0.2, 0.25) is 0 Å². The predicted octanol–water partition coefficient (Wildman–Crippen LogP) is 4.64. The number of aromatic amines is 1. The van der Waals surface area contributed by atoms with Crippen LogP contribution in [-0.2, 0) is 0 Å². The molecule has 1 aliphatic carbocycles. The summed E-state index contributed by atoms with van der Waals surface area (Å²) < 4.78 is 6.83. The SMILES string of the molecule is Cc1cn2c(-c3cn[nH]c3)cnc2c(Nc2cc(C(NC3CCCC3)c3ccccn3)ns2)n1. The molecular weight excluding hydrogens is 446 g/mol. The van der Waals surface area contributed by atoms with Gasteiger partial charge in [-0.25, -0.2) is 9.97 Å². The van der Waals surface area contributed by atoms with Crippen LogP contribution >= 0.6 is 11.5 Å². The van der Waals surface area contributed by atoms with Gasteiger partial charge in [0, 0.05) is 30.2 Å². The van der Waals surface area contributed by atoms with E-state index in [0.717, 1.165) is 39.0 Å². The first-order valence-electron chi connectivity index (χ1n) is 11.5. The molecule has 1 aliphatic rings. The van der Waals surface area contributed by atoms with E-state index in [1.165, 1.54) is 37.2 Å². The number of H-pyrrole nitrogens is 1. The van der Waals surface area contributed by atoms with Gasteiger partial charge in [-0.1, -0.05) is 18.9 Å². The number of imidazole rings is 1. The molecule has 0 radical (unpaired) electrons. The minimum absolute atomic E-state index is 0.0410. The molecule has 1 saturated carbocycles. The van der Waals surface area contributed by atoms with E-state index in [9.17, 15) is 0 Å². The van der Waals surface area contributed by atoms with Crippen molar-refractivity contribution in [3.05, 3.63) is 72.3 Å². The lowest BCUT2D eigenvalue weighted by atomic mass is 10.1. The Morgan fingerprint density at radius 3 is 2.85 bits per heavy atom. The Morgan fingerprint density at radius 2 is 2.06 bits per heavy atom. The van der Waals surface area contributed by atoms with Crippen LogP contribution in [0, 0.1) is 6.92 Å². The maximum absolute atomic E-state index is 4.79. The van der Waals surface area contributed by atoms with Crippen LogP contribution in [0.25, 0.3) is 16.9 Å². The zero-order valence-corrected chi connectivity index (χ0v) is 19.6. The van der Waals surface area contributed by atoms with Crippen LogP contribution in [0.3, 0.4) is 0 Å². The third-order valence-corrected chi connectivity index (χ3v) is 6.93. The highest BCUT2D eigenvalue weighted by atomic mass is 32.1. The van der Waals surface area contributed by atoms with Crippen LogP contribution in [0.5, 0.6) is 0 Å². The van der Waals surface area contributed by atoms with Crippen molar-refractivity contribution in [3.63, 3.8) is 0 Å². The number of aryl methyl sites for hydroxylation is 1. The Morgan fingerprint density at radius 1 is 1.15 bits per heavy atom. The maximum Gasteiger partial charge on any atom is 0.180 e. The van der Waals surface area contributed by atoms with Crippen molar-refractivity contribution < 1.29 is 0 Å². The predicted molar refractivity (Wildman–Crippen MR) is 132 cm³/mol. The number of rotatable bonds is 7. The highest BCUT2D eigenvalue weighted by molar-refractivity contribution is 7.10. The molecule has 9 nitrogen and oxygen atoms in total. The molecule has 0 saturated heterocycles. The van der Waals surface area contributed by atoms with Crippen LogP contribution in [-0.4, -0.2) is 40.0 Å². The Hall–Kier alpha value is -3.63. The average molecular weight is 472 g/mol. The summed E-state index contributed by atoms with van der Waals surface area (Å²) in [6, 6.07) is 8.58. The summed E-state index contributed by atoms with van der Waals surface area (Å²) in [5.74, 6) is 0.697. The molecule has 0 aromatic carbocycles. The van der Waals surface area contributed by atoms with Crippen LogP contribution in [0.1, 0.15) is 48.8 Å². The second-order valence-corrected chi connectivity index (χ2v) is 9.44. The lowest BCUT2D eigenvalue weighted by molar-refractivity contribution is 0.469. The van der Waals surface area contributed by atoms with Crippen molar-refractivity contribution in [2.75, 3.05) is 5.32 Å². The fraction of sp³-hybridized carbons (Fsp3) is 0.292. The lowest BCUT2D eigenvalue weighted by Crippen LogP contribution is -2.32. The van der Waals surface area contributed by atoms with Crippen molar-refractivity contribution >= 4 is 28.0 Å². The molecule has 0 spiro atoms. The molecule has 5 aromatic heterocycles. The molecule has 5 heterocycles. The van der Waals surface area contributed by atoms with E-state index in [-0.39, 0.29) is 6.04 Å². The number of aromatic nitrogens is 7. The Labute approximate surface area is 200 Å².